The molecule has 0 N–H and O–H groups in total. The molecular weight excluding hydrogens is 581 g/mol. The molecule has 0 unspecified atom stereocenters. The van der Waals surface area contributed by atoms with Crippen LogP contribution in [0.2, 0.25) is 0 Å². The predicted molar refractivity (Wildman–Crippen MR) is 121 cm³/mol. The largest absolute Gasteiger partial charge is 4.00 e. The van der Waals surface area contributed by atoms with Crippen LogP contribution in [0.3, 0.4) is 0 Å². The van der Waals surface area contributed by atoms with Gasteiger partial charge in [-0.05, 0) is 11.3 Å². The molecule has 0 radical (unpaired) electrons. The Hall–Kier alpha value is -0.460. The van der Waals surface area contributed by atoms with Gasteiger partial charge < -0.3 is 24.8 Å². The zero-order chi connectivity index (χ0) is 18.7. The van der Waals surface area contributed by atoms with Crippen molar-refractivity contribution in [1.29, 1.82) is 0 Å². The molecule has 4 rings (SSSR count). The van der Waals surface area contributed by atoms with Crippen LogP contribution in [0.15, 0.2) is 72.8 Å². The van der Waals surface area contributed by atoms with Gasteiger partial charge in [-0.1, -0.05) is 54.7 Å². The van der Waals surface area contributed by atoms with E-state index < -0.39 is 0 Å². The Kier molecular flexibility index (Phi) is 12.9. The van der Waals surface area contributed by atoms with E-state index in [-0.39, 0.29) is 58.6 Å². The topological polar surface area (TPSA) is 0 Å². The van der Waals surface area contributed by atoms with E-state index in [1.807, 2.05) is 0 Å². The summed E-state index contributed by atoms with van der Waals surface area (Å²) in [7, 11) is -0.0206. The third-order valence-electron chi connectivity index (χ3n) is 4.78. The second-order valence-corrected chi connectivity index (χ2v) is 11.0. The van der Waals surface area contributed by atoms with Crippen molar-refractivity contribution in [3.8, 4) is 0 Å². The summed E-state index contributed by atoms with van der Waals surface area (Å²) in [6, 6.07) is 26.3. The van der Waals surface area contributed by atoms with E-state index in [2.05, 4.69) is 107 Å². The molecule has 0 bridgehead atoms. The van der Waals surface area contributed by atoms with Gasteiger partial charge in [0.25, 0.3) is 0 Å². The number of fused-ring (bicyclic) bond motifs is 2. The second-order valence-electron chi connectivity index (χ2n) is 7.60. The number of hydrogen-bond acceptors (Lipinski definition) is 0. The molecule has 29 heavy (non-hydrogen) atoms. The van der Waals surface area contributed by atoms with Crippen LogP contribution in [0.5, 0.6) is 0 Å². The first-order valence-electron chi connectivity index (χ1n) is 9.51. The number of hydrogen-bond donors (Lipinski definition) is 0. The number of benzene rings is 2. The molecule has 0 atom stereocenters. The molecule has 0 fully saturated rings. The first-order chi connectivity index (χ1) is 12.5. The third kappa shape index (κ3) is 7.32. The maximum atomic E-state index is 2.39. The number of halogens is 2. The van der Waals surface area contributed by atoms with Crippen molar-refractivity contribution in [2.45, 2.75) is 45.9 Å². The number of rotatable bonds is 3. The maximum Gasteiger partial charge on any atom is 4.00 e. The monoisotopic (exact) mass is 610 g/mol. The van der Waals surface area contributed by atoms with Crippen LogP contribution < -0.4 is 30.1 Å². The standard InChI is InChI=1S/C15H20P.C10H9.2ClH.Hf/c1-11(2)16(12(3)4)15-9-13-7-5-6-8-14(13)10-15;1-8-6-9-4-2-3-5-10(9)7-8;;;/h5-12H,1-4H3;2-7H,1H3;2*1H;/q2*-1;;;+4/p-2. The Balaban J connectivity index is 0.000000528. The zero-order valence-corrected chi connectivity index (χ0v) is 23.8. The van der Waals surface area contributed by atoms with Gasteiger partial charge in [0.2, 0.25) is 0 Å². The molecule has 0 aliphatic rings. The van der Waals surface area contributed by atoms with E-state index in [1.165, 1.54) is 27.1 Å². The van der Waals surface area contributed by atoms with Gasteiger partial charge in [-0.25, -0.2) is 0 Å². The van der Waals surface area contributed by atoms with Crippen LogP contribution in [0.25, 0.3) is 21.5 Å². The molecule has 0 nitrogen and oxygen atoms in total. The van der Waals surface area contributed by atoms with Crippen molar-refractivity contribution >= 4 is 34.8 Å². The molecule has 0 aliphatic carbocycles. The Labute approximate surface area is 208 Å². The summed E-state index contributed by atoms with van der Waals surface area (Å²) in [5, 5.41) is 7.05. The first-order valence-corrected chi connectivity index (χ1v) is 11.0. The summed E-state index contributed by atoms with van der Waals surface area (Å²) in [5.74, 6) is 0. The van der Waals surface area contributed by atoms with Crippen molar-refractivity contribution in [2.24, 2.45) is 0 Å². The average molecular weight is 610 g/mol. The van der Waals surface area contributed by atoms with Crippen molar-refractivity contribution in [1.82, 2.24) is 0 Å². The predicted octanol–water partition coefficient (Wildman–Crippen LogP) is 1.36. The Morgan fingerprint density at radius 1 is 0.690 bits per heavy atom. The Bertz CT molecular complexity index is 911. The fraction of sp³-hybridized carbons (Fsp3) is 0.280. The van der Waals surface area contributed by atoms with Crippen LogP contribution in [-0.2, 0) is 25.8 Å². The minimum absolute atomic E-state index is 0. The van der Waals surface area contributed by atoms with Crippen LogP contribution in [0.4, 0.5) is 0 Å². The smallest absolute Gasteiger partial charge is 1.00 e. The fourth-order valence-corrected chi connectivity index (χ4v) is 6.74. The van der Waals surface area contributed by atoms with E-state index >= 15 is 0 Å². The third-order valence-corrected chi connectivity index (χ3v) is 7.86. The summed E-state index contributed by atoms with van der Waals surface area (Å²) in [4.78, 5) is 0. The maximum absolute atomic E-state index is 2.39. The van der Waals surface area contributed by atoms with Crippen LogP contribution in [0, 0.1) is 6.92 Å². The molecule has 0 heterocycles. The van der Waals surface area contributed by atoms with Crippen molar-refractivity contribution < 1.29 is 50.7 Å². The molecular formula is C25H29Cl2HfP. The summed E-state index contributed by atoms with van der Waals surface area (Å²) in [5.41, 5.74) is 2.89. The number of aryl methyl sites for hydroxylation is 1. The van der Waals surface area contributed by atoms with Gasteiger partial charge >= 0.3 is 25.8 Å². The fourth-order valence-electron chi connectivity index (χ4n) is 3.78. The molecule has 152 valence electrons. The van der Waals surface area contributed by atoms with Crippen LogP contribution in [-0.4, -0.2) is 11.3 Å². The molecule has 0 spiro atoms. The van der Waals surface area contributed by atoms with Gasteiger partial charge in [0.1, 0.15) is 0 Å². The summed E-state index contributed by atoms with van der Waals surface area (Å²) < 4.78 is 0. The molecule has 4 aromatic carbocycles. The minimum Gasteiger partial charge on any atom is -1.00 e. The molecule has 4 heteroatoms. The molecule has 0 aromatic heterocycles. The summed E-state index contributed by atoms with van der Waals surface area (Å²) >= 11 is 0. The average Bonchev–Trinajstić information content (AvgIpc) is 3.16. The van der Waals surface area contributed by atoms with Gasteiger partial charge in [0.15, 0.2) is 0 Å². The normalized spacial score (nSPS) is 10.3. The molecule has 0 saturated heterocycles. The molecule has 0 amide bonds. The molecule has 4 aromatic rings. The summed E-state index contributed by atoms with van der Waals surface area (Å²) in [6.45, 7) is 11.5. The van der Waals surface area contributed by atoms with E-state index in [4.69, 9.17) is 0 Å². The second kappa shape index (κ2) is 13.1. The molecule has 0 aliphatic heterocycles. The van der Waals surface area contributed by atoms with Gasteiger partial charge in [-0.15, -0.1) is 80.9 Å². The van der Waals surface area contributed by atoms with Crippen molar-refractivity contribution in [2.75, 3.05) is 0 Å². The van der Waals surface area contributed by atoms with Gasteiger partial charge in [-0.3, -0.25) is 0 Å². The summed E-state index contributed by atoms with van der Waals surface area (Å²) in [6.07, 6.45) is 0. The zero-order valence-electron chi connectivity index (χ0n) is 17.8. The minimum atomic E-state index is -0.0206. The Morgan fingerprint density at radius 2 is 1.14 bits per heavy atom. The van der Waals surface area contributed by atoms with E-state index in [9.17, 15) is 0 Å². The molecule has 0 saturated carbocycles. The van der Waals surface area contributed by atoms with Gasteiger partial charge in [0.05, 0.1) is 0 Å². The SMILES string of the molecule is CC(C)P(c1cc2ccccc2[cH-]1)C(C)C.Cc1cc2ccccc2[cH-]1.[Cl-].[Cl-].[Hf+4]. The van der Waals surface area contributed by atoms with Crippen LogP contribution in [0.1, 0.15) is 33.3 Å². The van der Waals surface area contributed by atoms with E-state index in [0.717, 1.165) is 11.3 Å². The van der Waals surface area contributed by atoms with Crippen molar-refractivity contribution in [3.63, 3.8) is 0 Å². The first kappa shape index (κ1) is 28.5. The van der Waals surface area contributed by atoms with E-state index in [0.29, 0.717) is 0 Å². The van der Waals surface area contributed by atoms with Crippen LogP contribution >= 0.6 is 7.92 Å². The Morgan fingerprint density at radius 3 is 1.59 bits per heavy atom. The quantitative estimate of drug-likeness (QED) is 0.187. The van der Waals surface area contributed by atoms with Gasteiger partial charge in [0, 0.05) is 0 Å². The van der Waals surface area contributed by atoms with Crippen molar-refractivity contribution in [3.05, 3.63) is 78.4 Å². The van der Waals surface area contributed by atoms with E-state index in [1.54, 1.807) is 5.30 Å². The van der Waals surface area contributed by atoms with Gasteiger partial charge in [-0.2, -0.15) is 12.1 Å².